The highest BCUT2D eigenvalue weighted by Crippen LogP contribution is 2.53. The normalized spacial score (nSPS) is 17.1. The number of nitrogens with zero attached hydrogens (tertiary/aromatic N) is 1. The predicted octanol–water partition coefficient (Wildman–Crippen LogP) is 2.85. The smallest absolute Gasteiger partial charge is 0.327 e. The first-order valence-corrected chi connectivity index (χ1v) is 7.00. The molecule has 0 spiro atoms. The van der Waals surface area contributed by atoms with Gasteiger partial charge >= 0.3 is 11.9 Å². The number of esters is 1. The number of nitriles is 1. The van der Waals surface area contributed by atoms with Crippen LogP contribution in [0.1, 0.15) is 48.0 Å². The third-order valence-corrected chi connectivity index (χ3v) is 4.27. The molecule has 0 radical (unpaired) electrons. The van der Waals surface area contributed by atoms with Crippen LogP contribution >= 0.6 is 0 Å². The number of hydrogen-bond donors (Lipinski definition) is 1. The summed E-state index contributed by atoms with van der Waals surface area (Å²) in [6, 6.07) is 2.00. The van der Waals surface area contributed by atoms with Crippen LogP contribution in [0, 0.1) is 34.0 Å². The summed E-state index contributed by atoms with van der Waals surface area (Å²) in [5.74, 6) is -2.71. The van der Waals surface area contributed by atoms with Crippen LogP contribution in [0.5, 0.6) is 0 Å². The molecule has 0 aliphatic heterocycles. The van der Waals surface area contributed by atoms with Crippen molar-refractivity contribution in [1.29, 1.82) is 5.26 Å². The van der Waals surface area contributed by atoms with Crippen molar-refractivity contribution in [3.63, 3.8) is 0 Å². The molecule has 20 heavy (non-hydrogen) atoms. The van der Waals surface area contributed by atoms with E-state index in [1.54, 1.807) is 41.5 Å². The average molecular weight is 283 g/mol. The van der Waals surface area contributed by atoms with E-state index in [1.807, 2.05) is 6.07 Å². The van der Waals surface area contributed by atoms with Gasteiger partial charge in [-0.25, -0.2) is 0 Å². The highest BCUT2D eigenvalue weighted by molar-refractivity contribution is 5.90. The second kappa shape index (κ2) is 6.74. The first-order chi connectivity index (χ1) is 9.18. The first kappa shape index (κ1) is 18.4. The minimum Gasteiger partial charge on any atom is -0.481 e. The number of ether oxygens (including phenoxy) is 1. The summed E-state index contributed by atoms with van der Waals surface area (Å²) in [4.78, 5) is 24.4. The molecular weight excluding hydrogens is 258 g/mol. The van der Waals surface area contributed by atoms with Gasteiger partial charge in [-0.1, -0.05) is 34.6 Å². The number of aliphatic carboxylic acids is 1. The van der Waals surface area contributed by atoms with Crippen molar-refractivity contribution in [3.8, 4) is 6.07 Å². The van der Waals surface area contributed by atoms with Gasteiger partial charge in [0.1, 0.15) is 0 Å². The lowest BCUT2D eigenvalue weighted by molar-refractivity contribution is -0.182. The molecule has 114 valence electrons. The van der Waals surface area contributed by atoms with Gasteiger partial charge in [-0.3, -0.25) is 9.59 Å². The molecule has 2 unspecified atom stereocenters. The summed E-state index contributed by atoms with van der Waals surface area (Å²) >= 11 is 0. The monoisotopic (exact) mass is 283 g/mol. The Bertz CT molecular complexity index is 411. The molecule has 5 nitrogen and oxygen atoms in total. The van der Waals surface area contributed by atoms with E-state index in [-0.39, 0.29) is 18.9 Å². The van der Waals surface area contributed by atoms with Crippen molar-refractivity contribution < 1.29 is 19.4 Å². The number of hydrogen-bond acceptors (Lipinski definition) is 4. The molecule has 0 aliphatic carbocycles. The second-order valence-corrected chi connectivity index (χ2v) is 5.58. The van der Waals surface area contributed by atoms with Gasteiger partial charge in [-0.2, -0.15) is 5.26 Å². The van der Waals surface area contributed by atoms with Crippen molar-refractivity contribution in [3.05, 3.63) is 0 Å². The number of carbonyl (C=O) groups is 2. The van der Waals surface area contributed by atoms with Crippen LogP contribution < -0.4 is 0 Å². The lowest BCUT2D eigenvalue weighted by Crippen LogP contribution is -2.57. The molecule has 0 heterocycles. The topological polar surface area (TPSA) is 87.4 Å². The lowest BCUT2D eigenvalue weighted by Gasteiger charge is -2.46. The standard InChI is InChI=1S/C15H25NO4/c1-7-14(10(3)4,12(17)18)15(9-16,11(5)6)13(19)20-8-2/h10-11H,7-8H2,1-6H3,(H,17,18). The highest BCUT2D eigenvalue weighted by Gasteiger charge is 2.65. The maximum absolute atomic E-state index is 12.4. The highest BCUT2D eigenvalue weighted by atomic mass is 16.5. The number of rotatable bonds is 7. The maximum Gasteiger partial charge on any atom is 0.327 e. The number of carboxylic acid groups (broad SMARTS) is 1. The molecule has 0 fully saturated rings. The lowest BCUT2D eigenvalue weighted by atomic mass is 9.53. The minimum atomic E-state index is -1.70. The van der Waals surface area contributed by atoms with E-state index in [2.05, 4.69) is 0 Å². The molecule has 0 bridgehead atoms. The fourth-order valence-electron chi connectivity index (χ4n) is 3.16. The Balaban J connectivity index is 6.41. The average Bonchev–Trinajstić information content (AvgIpc) is 2.34. The Hall–Kier alpha value is -1.57. The largest absolute Gasteiger partial charge is 0.481 e. The van der Waals surface area contributed by atoms with Gasteiger partial charge < -0.3 is 9.84 Å². The van der Waals surface area contributed by atoms with Crippen LogP contribution in [-0.4, -0.2) is 23.7 Å². The summed E-state index contributed by atoms with van der Waals surface area (Å²) in [5, 5.41) is 19.5. The van der Waals surface area contributed by atoms with Gasteiger partial charge in [0.05, 0.1) is 18.1 Å². The zero-order chi connectivity index (χ0) is 16.1. The molecule has 0 amide bonds. The summed E-state index contributed by atoms with van der Waals surface area (Å²) in [6.07, 6.45) is 0.185. The summed E-state index contributed by atoms with van der Waals surface area (Å²) < 4.78 is 5.04. The minimum absolute atomic E-state index is 0.118. The zero-order valence-electron chi connectivity index (χ0n) is 13.2. The number of carbonyl (C=O) groups excluding carboxylic acids is 1. The molecule has 2 atom stereocenters. The Kier molecular flexibility index (Phi) is 6.21. The van der Waals surface area contributed by atoms with Crippen LogP contribution in [0.3, 0.4) is 0 Å². The van der Waals surface area contributed by atoms with E-state index in [1.165, 1.54) is 0 Å². The molecule has 0 aromatic heterocycles. The van der Waals surface area contributed by atoms with E-state index >= 15 is 0 Å². The second-order valence-electron chi connectivity index (χ2n) is 5.58. The molecule has 5 heteroatoms. The Morgan fingerprint density at radius 1 is 1.20 bits per heavy atom. The van der Waals surface area contributed by atoms with E-state index in [4.69, 9.17) is 4.74 Å². The van der Waals surface area contributed by atoms with Gasteiger partial charge in [0.2, 0.25) is 0 Å². The van der Waals surface area contributed by atoms with Crippen LogP contribution in [0.4, 0.5) is 0 Å². The number of carboxylic acids is 1. The zero-order valence-corrected chi connectivity index (χ0v) is 13.2. The van der Waals surface area contributed by atoms with Crippen molar-refractivity contribution >= 4 is 11.9 Å². The first-order valence-electron chi connectivity index (χ1n) is 7.00. The summed E-state index contributed by atoms with van der Waals surface area (Å²) in [6.45, 7) is 10.3. The van der Waals surface area contributed by atoms with Crippen LogP contribution in [0.25, 0.3) is 0 Å². The quantitative estimate of drug-likeness (QED) is 0.726. The van der Waals surface area contributed by atoms with Crippen molar-refractivity contribution in [2.45, 2.75) is 48.0 Å². The Labute approximate surface area is 120 Å². The van der Waals surface area contributed by atoms with Crippen LogP contribution in [0.15, 0.2) is 0 Å². The van der Waals surface area contributed by atoms with Gasteiger partial charge in [-0.15, -0.1) is 0 Å². The Morgan fingerprint density at radius 3 is 1.90 bits per heavy atom. The molecule has 0 aromatic rings. The van der Waals surface area contributed by atoms with Crippen molar-refractivity contribution in [2.24, 2.45) is 22.7 Å². The van der Waals surface area contributed by atoms with E-state index in [0.717, 1.165) is 0 Å². The fourth-order valence-corrected chi connectivity index (χ4v) is 3.16. The van der Waals surface area contributed by atoms with Gasteiger partial charge in [0.15, 0.2) is 5.41 Å². The fraction of sp³-hybridized carbons (Fsp3) is 0.800. The van der Waals surface area contributed by atoms with Gasteiger partial charge in [0.25, 0.3) is 0 Å². The van der Waals surface area contributed by atoms with E-state index in [0.29, 0.717) is 0 Å². The van der Waals surface area contributed by atoms with Crippen molar-refractivity contribution in [2.75, 3.05) is 6.61 Å². The molecule has 0 rings (SSSR count). The Morgan fingerprint density at radius 2 is 1.70 bits per heavy atom. The van der Waals surface area contributed by atoms with Gasteiger partial charge in [-0.05, 0) is 25.2 Å². The van der Waals surface area contributed by atoms with E-state index in [9.17, 15) is 20.0 Å². The molecule has 0 aliphatic rings. The van der Waals surface area contributed by atoms with E-state index < -0.39 is 28.7 Å². The van der Waals surface area contributed by atoms with Crippen LogP contribution in [-0.2, 0) is 14.3 Å². The molecule has 0 aromatic carbocycles. The molecular formula is C15H25NO4. The predicted molar refractivity (Wildman–Crippen MR) is 74.7 cm³/mol. The summed E-state index contributed by atoms with van der Waals surface area (Å²) in [5.41, 5.74) is -3.17. The third kappa shape index (κ3) is 2.39. The third-order valence-electron chi connectivity index (χ3n) is 4.27. The molecule has 0 saturated heterocycles. The van der Waals surface area contributed by atoms with Crippen molar-refractivity contribution in [1.82, 2.24) is 0 Å². The summed E-state index contributed by atoms with van der Waals surface area (Å²) in [7, 11) is 0. The van der Waals surface area contributed by atoms with Gasteiger partial charge in [0, 0.05) is 0 Å². The molecule has 1 N–H and O–H groups in total. The SMILES string of the molecule is CCOC(=O)C(C#N)(C(C)C)C(CC)(C(=O)O)C(C)C. The molecule has 0 saturated carbocycles. The van der Waals surface area contributed by atoms with Crippen LogP contribution in [0.2, 0.25) is 0 Å². The maximum atomic E-state index is 12.4.